The van der Waals surface area contributed by atoms with Crippen LogP contribution in [0.25, 0.3) is 0 Å². The van der Waals surface area contributed by atoms with Gasteiger partial charge in [-0.15, -0.1) is 10.2 Å². The Bertz CT molecular complexity index is 490. The third kappa shape index (κ3) is 2.22. The van der Waals surface area contributed by atoms with E-state index >= 15 is 0 Å². The lowest BCUT2D eigenvalue weighted by Gasteiger charge is -2.41. The molecule has 110 valence electrons. The predicted molar refractivity (Wildman–Crippen MR) is 74.6 cm³/mol. The van der Waals surface area contributed by atoms with Crippen molar-refractivity contribution < 1.29 is 4.79 Å². The van der Waals surface area contributed by atoms with Gasteiger partial charge in [-0.25, -0.2) is 0 Å². The molecule has 0 atom stereocenters. The molecular formula is C14H23N5O. The number of hydrogen-bond donors (Lipinski definition) is 1. The fraction of sp³-hybridized carbons (Fsp3) is 0.786. The maximum absolute atomic E-state index is 12.9. The Morgan fingerprint density at radius 3 is 2.90 bits per heavy atom. The van der Waals surface area contributed by atoms with Crippen molar-refractivity contribution in [2.24, 2.45) is 17.1 Å². The number of fused-ring (bicyclic) bond motifs is 1. The summed E-state index contributed by atoms with van der Waals surface area (Å²) in [7, 11) is 0. The van der Waals surface area contributed by atoms with Crippen LogP contribution >= 0.6 is 0 Å². The minimum Gasteiger partial charge on any atom is -0.333 e. The largest absolute Gasteiger partial charge is 0.333 e. The molecule has 6 nitrogen and oxygen atoms in total. The third-order valence-electron chi connectivity index (χ3n) is 5.00. The molecular weight excluding hydrogens is 254 g/mol. The van der Waals surface area contributed by atoms with E-state index in [-0.39, 0.29) is 11.3 Å². The molecule has 1 fully saturated rings. The van der Waals surface area contributed by atoms with Crippen molar-refractivity contribution in [2.45, 2.75) is 45.7 Å². The van der Waals surface area contributed by atoms with E-state index in [1.807, 2.05) is 9.47 Å². The molecule has 1 saturated carbocycles. The quantitative estimate of drug-likeness (QED) is 0.866. The summed E-state index contributed by atoms with van der Waals surface area (Å²) in [5.41, 5.74) is 5.65. The highest BCUT2D eigenvalue weighted by Crippen LogP contribution is 2.40. The van der Waals surface area contributed by atoms with Gasteiger partial charge in [0.25, 0.3) is 0 Å². The minimum atomic E-state index is -0.339. The Hall–Kier alpha value is -1.43. The lowest BCUT2D eigenvalue weighted by Crippen LogP contribution is -2.51. The van der Waals surface area contributed by atoms with Gasteiger partial charge in [-0.1, -0.05) is 6.92 Å². The summed E-state index contributed by atoms with van der Waals surface area (Å²) in [5, 5.41) is 7.99. The van der Waals surface area contributed by atoms with Gasteiger partial charge in [-0.3, -0.25) is 4.79 Å². The molecule has 0 unspecified atom stereocenters. The highest BCUT2D eigenvalue weighted by atomic mass is 16.2. The molecule has 1 aliphatic heterocycles. The molecule has 0 spiro atoms. The van der Waals surface area contributed by atoms with Crippen LogP contribution in [0.4, 0.5) is 0 Å². The number of hydrogen-bond acceptors (Lipinski definition) is 4. The van der Waals surface area contributed by atoms with Crippen molar-refractivity contribution >= 4 is 5.91 Å². The Labute approximate surface area is 119 Å². The van der Waals surface area contributed by atoms with Crippen LogP contribution in [0.5, 0.6) is 0 Å². The highest BCUT2D eigenvalue weighted by Gasteiger charge is 2.42. The molecule has 2 heterocycles. The second-order valence-corrected chi connectivity index (χ2v) is 6.33. The molecule has 0 bridgehead atoms. The van der Waals surface area contributed by atoms with Crippen LogP contribution in [0.3, 0.4) is 0 Å². The second-order valence-electron chi connectivity index (χ2n) is 6.33. The van der Waals surface area contributed by atoms with Gasteiger partial charge in [0.05, 0.1) is 12.0 Å². The first-order valence-corrected chi connectivity index (χ1v) is 7.51. The van der Waals surface area contributed by atoms with Crippen molar-refractivity contribution in [3.63, 3.8) is 0 Å². The summed E-state index contributed by atoms with van der Waals surface area (Å²) >= 11 is 0. The van der Waals surface area contributed by atoms with Crippen LogP contribution in [0, 0.1) is 11.3 Å². The number of carbonyl (C=O) groups excluding carboxylic acids is 1. The van der Waals surface area contributed by atoms with E-state index in [1.54, 1.807) is 6.33 Å². The monoisotopic (exact) mass is 277 g/mol. The van der Waals surface area contributed by atoms with Crippen molar-refractivity contribution in [2.75, 3.05) is 13.1 Å². The second kappa shape index (κ2) is 5.16. The lowest BCUT2D eigenvalue weighted by molar-refractivity contribution is -0.145. The molecule has 1 aliphatic carbocycles. The van der Waals surface area contributed by atoms with Gasteiger partial charge in [0.2, 0.25) is 5.91 Å². The van der Waals surface area contributed by atoms with E-state index in [2.05, 4.69) is 17.1 Å². The first-order chi connectivity index (χ1) is 9.64. The molecule has 20 heavy (non-hydrogen) atoms. The Kier molecular flexibility index (Phi) is 3.50. The highest BCUT2D eigenvalue weighted by molar-refractivity contribution is 5.83. The van der Waals surface area contributed by atoms with Gasteiger partial charge in [0.1, 0.15) is 6.33 Å². The lowest BCUT2D eigenvalue weighted by atomic mass is 9.70. The summed E-state index contributed by atoms with van der Waals surface area (Å²) in [6.07, 6.45) is 5.79. The topological polar surface area (TPSA) is 77.0 Å². The SMILES string of the molecule is CC1CCC(CN)(C(=O)N2CCn3cnnc3C2)CC1. The summed E-state index contributed by atoms with van der Waals surface area (Å²) in [6, 6.07) is 0. The fourth-order valence-corrected chi connectivity index (χ4v) is 3.40. The molecule has 0 radical (unpaired) electrons. The first kappa shape index (κ1) is 13.5. The zero-order valence-electron chi connectivity index (χ0n) is 12.1. The van der Waals surface area contributed by atoms with E-state index in [0.29, 0.717) is 19.0 Å². The van der Waals surface area contributed by atoms with Gasteiger partial charge in [-0.2, -0.15) is 0 Å². The van der Waals surface area contributed by atoms with E-state index in [4.69, 9.17) is 5.73 Å². The van der Waals surface area contributed by atoms with Crippen LogP contribution in [0.15, 0.2) is 6.33 Å². The summed E-state index contributed by atoms with van der Waals surface area (Å²) in [6.45, 7) is 4.80. The van der Waals surface area contributed by atoms with Crippen LogP contribution in [-0.2, 0) is 17.9 Å². The smallest absolute Gasteiger partial charge is 0.230 e. The van der Waals surface area contributed by atoms with Gasteiger partial charge < -0.3 is 15.2 Å². The minimum absolute atomic E-state index is 0.223. The predicted octanol–water partition coefficient (Wildman–Crippen LogP) is 0.776. The standard InChI is InChI=1S/C14H23N5O/c1-11-2-4-14(9-15,5-3-11)13(20)18-6-7-19-10-16-17-12(19)8-18/h10-11H,2-9,15H2,1H3. The average molecular weight is 277 g/mol. The number of rotatable bonds is 2. The molecule has 1 amide bonds. The van der Waals surface area contributed by atoms with Gasteiger partial charge in [0.15, 0.2) is 5.82 Å². The van der Waals surface area contributed by atoms with Crippen molar-refractivity contribution in [1.82, 2.24) is 19.7 Å². The van der Waals surface area contributed by atoms with Gasteiger partial charge in [0, 0.05) is 19.6 Å². The molecule has 2 N–H and O–H groups in total. The maximum Gasteiger partial charge on any atom is 0.230 e. The number of aromatic nitrogens is 3. The number of nitrogens with two attached hydrogens (primary N) is 1. The average Bonchev–Trinajstić information content (AvgIpc) is 2.95. The zero-order chi connectivity index (χ0) is 14.2. The van der Waals surface area contributed by atoms with Crippen molar-refractivity contribution in [1.29, 1.82) is 0 Å². The number of carbonyl (C=O) groups is 1. The summed E-state index contributed by atoms with van der Waals surface area (Å²) in [4.78, 5) is 14.9. The molecule has 0 aromatic carbocycles. The fourth-order valence-electron chi connectivity index (χ4n) is 3.40. The molecule has 1 aromatic heterocycles. The summed E-state index contributed by atoms with van der Waals surface area (Å²) < 4.78 is 2.02. The molecule has 0 saturated heterocycles. The molecule has 3 rings (SSSR count). The van der Waals surface area contributed by atoms with Crippen molar-refractivity contribution in [3.05, 3.63) is 12.2 Å². The normalized spacial score (nSPS) is 30.1. The van der Waals surface area contributed by atoms with E-state index < -0.39 is 0 Å². The molecule has 6 heteroatoms. The zero-order valence-corrected chi connectivity index (χ0v) is 12.1. The Morgan fingerprint density at radius 1 is 1.45 bits per heavy atom. The van der Waals surface area contributed by atoms with Crippen LogP contribution in [0.1, 0.15) is 38.4 Å². The van der Waals surface area contributed by atoms with Crippen molar-refractivity contribution in [3.8, 4) is 0 Å². The maximum atomic E-state index is 12.9. The number of nitrogens with zero attached hydrogens (tertiary/aromatic N) is 4. The van der Waals surface area contributed by atoms with Crippen LogP contribution in [0.2, 0.25) is 0 Å². The molecule has 2 aliphatic rings. The summed E-state index contributed by atoms with van der Waals surface area (Å²) in [5.74, 6) is 1.81. The third-order valence-corrected chi connectivity index (χ3v) is 5.00. The van der Waals surface area contributed by atoms with Gasteiger partial charge >= 0.3 is 0 Å². The van der Waals surface area contributed by atoms with Gasteiger partial charge in [-0.05, 0) is 31.6 Å². The molecule has 1 aromatic rings. The number of amides is 1. The van der Waals surface area contributed by atoms with Crippen LogP contribution in [-0.4, -0.2) is 38.7 Å². The first-order valence-electron chi connectivity index (χ1n) is 7.51. The van der Waals surface area contributed by atoms with Crippen LogP contribution < -0.4 is 5.73 Å². The van der Waals surface area contributed by atoms with E-state index in [1.165, 1.54) is 0 Å². The van der Waals surface area contributed by atoms with E-state index in [0.717, 1.165) is 44.6 Å². The Morgan fingerprint density at radius 2 is 2.20 bits per heavy atom. The Balaban J connectivity index is 1.75. The van der Waals surface area contributed by atoms with E-state index in [9.17, 15) is 4.79 Å².